The molecule has 5 nitrogen and oxygen atoms in total. The van der Waals surface area contributed by atoms with Crippen LogP contribution in [0.15, 0.2) is 18.2 Å². The monoisotopic (exact) mass is 359 g/mol. The number of halogens is 3. The van der Waals surface area contributed by atoms with E-state index in [2.05, 4.69) is 10.1 Å². The second kappa shape index (κ2) is 7.86. The van der Waals surface area contributed by atoms with Gasteiger partial charge >= 0.3 is 18.1 Å². The number of carbonyl (C=O) groups excluding carboxylic acids is 2. The number of alkyl halides is 3. The number of esters is 2. The van der Waals surface area contributed by atoms with Gasteiger partial charge in [-0.3, -0.25) is 4.79 Å². The van der Waals surface area contributed by atoms with E-state index >= 15 is 0 Å². The van der Waals surface area contributed by atoms with Gasteiger partial charge < -0.3 is 14.8 Å². The van der Waals surface area contributed by atoms with Crippen LogP contribution in [0, 0.1) is 5.92 Å². The molecule has 0 bridgehead atoms. The number of carbonyl (C=O) groups is 2. The van der Waals surface area contributed by atoms with Crippen LogP contribution in [0.2, 0.25) is 0 Å². The van der Waals surface area contributed by atoms with Gasteiger partial charge in [-0.2, -0.15) is 13.2 Å². The van der Waals surface area contributed by atoms with Gasteiger partial charge in [0, 0.05) is 12.5 Å². The van der Waals surface area contributed by atoms with Crippen molar-refractivity contribution in [2.45, 2.75) is 25.4 Å². The topological polar surface area (TPSA) is 64.6 Å². The lowest BCUT2D eigenvalue weighted by Gasteiger charge is -2.32. The van der Waals surface area contributed by atoms with Gasteiger partial charge in [-0.25, -0.2) is 4.79 Å². The maximum atomic E-state index is 13.0. The van der Waals surface area contributed by atoms with Gasteiger partial charge in [0.15, 0.2) is 0 Å². The molecule has 0 radical (unpaired) electrons. The van der Waals surface area contributed by atoms with E-state index < -0.39 is 35.5 Å². The van der Waals surface area contributed by atoms with Gasteiger partial charge in [0.05, 0.1) is 30.8 Å². The standard InChI is InChI=1S/C17H20F3NO4/c1-3-25-16(23)12-6-7-21-9-14(12)11-5-4-10(17(18,19)20)8-13(11)15(22)24-2/h4-5,8,12,14,21H,3,6-7,9H2,1-2H3/t12-,14-/m0/s1. The fourth-order valence-corrected chi connectivity index (χ4v) is 3.06. The van der Waals surface area contributed by atoms with Crippen LogP contribution < -0.4 is 5.32 Å². The van der Waals surface area contributed by atoms with Crippen molar-refractivity contribution >= 4 is 11.9 Å². The first-order valence-electron chi connectivity index (χ1n) is 7.96. The van der Waals surface area contributed by atoms with Gasteiger partial charge in [-0.1, -0.05) is 6.07 Å². The molecule has 2 atom stereocenters. The number of rotatable bonds is 4. The Hall–Kier alpha value is -2.09. The molecule has 8 heteroatoms. The van der Waals surface area contributed by atoms with Gasteiger partial charge in [-0.15, -0.1) is 0 Å². The lowest BCUT2D eigenvalue weighted by atomic mass is 9.79. The van der Waals surface area contributed by atoms with Crippen molar-refractivity contribution in [1.82, 2.24) is 5.32 Å². The van der Waals surface area contributed by atoms with Crippen molar-refractivity contribution in [2.24, 2.45) is 5.92 Å². The first kappa shape index (κ1) is 19.2. The summed E-state index contributed by atoms with van der Waals surface area (Å²) in [5.41, 5.74) is -0.765. The summed E-state index contributed by atoms with van der Waals surface area (Å²) in [4.78, 5) is 24.2. The second-order valence-corrected chi connectivity index (χ2v) is 5.75. The minimum atomic E-state index is -4.58. The van der Waals surface area contributed by atoms with Crippen LogP contribution in [-0.2, 0) is 20.4 Å². The van der Waals surface area contributed by atoms with Crippen LogP contribution in [0.5, 0.6) is 0 Å². The van der Waals surface area contributed by atoms with E-state index in [1.54, 1.807) is 6.92 Å². The van der Waals surface area contributed by atoms with Crippen LogP contribution >= 0.6 is 0 Å². The summed E-state index contributed by atoms with van der Waals surface area (Å²) in [5.74, 6) is -2.27. The normalized spacial score (nSPS) is 20.8. The predicted molar refractivity (Wildman–Crippen MR) is 83.1 cm³/mol. The molecule has 2 rings (SSSR count). The zero-order valence-electron chi connectivity index (χ0n) is 14.0. The van der Waals surface area contributed by atoms with Crippen molar-refractivity contribution in [1.29, 1.82) is 0 Å². The maximum Gasteiger partial charge on any atom is 0.416 e. The van der Waals surface area contributed by atoms with Crippen molar-refractivity contribution in [3.8, 4) is 0 Å². The lowest BCUT2D eigenvalue weighted by Crippen LogP contribution is -2.40. The fraction of sp³-hybridized carbons (Fsp3) is 0.529. The molecule has 1 fully saturated rings. The predicted octanol–water partition coefficient (Wildman–Crippen LogP) is 2.75. The number of benzene rings is 1. The molecule has 0 amide bonds. The summed E-state index contributed by atoms with van der Waals surface area (Å²) in [6, 6.07) is 2.94. The minimum absolute atomic E-state index is 0.180. The number of methoxy groups -OCH3 is 1. The van der Waals surface area contributed by atoms with Crippen LogP contribution in [0.25, 0.3) is 0 Å². The third-order valence-corrected chi connectivity index (χ3v) is 4.26. The third kappa shape index (κ3) is 4.31. The molecular formula is C17H20F3NO4. The first-order chi connectivity index (χ1) is 11.8. The number of hydrogen-bond acceptors (Lipinski definition) is 5. The van der Waals surface area contributed by atoms with Crippen molar-refractivity contribution in [3.05, 3.63) is 34.9 Å². The maximum absolute atomic E-state index is 13.0. The fourth-order valence-electron chi connectivity index (χ4n) is 3.06. The third-order valence-electron chi connectivity index (χ3n) is 4.26. The average Bonchev–Trinajstić information content (AvgIpc) is 2.60. The summed E-state index contributed by atoms with van der Waals surface area (Å²) in [5, 5.41) is 3.11. The molecule has 1 aliphatic rings. The van der Waals surface area contributed by atoms with Gasteiger partial charge in [0.2, 0.25) is 0 Å². The Morgan fingerprint density at radius 3 is 2.64 bits per heavy atom. The summed E-state index contributed by atoms with van der Waals surface area (Å²) in [6.45, 7) is 2.85. The lowest BCUT2D eigenvalue weighted by molar-refractivity contribution is -0.149. The Morgan fingerprint density at radius 2 is 2.04 bits per heavy atom. The van der Waals surface area contributed by atoms with E-state index in [4.69, 9.17) is 4.74 Å². The van der Waals surface area contributed by atoms with Crippen molar-refractivity contribution in [3.63, 3.8) is 0 Å². The molecule has 1 aromatic rings. The van der Waals surface area contributed by atoms with E-state index in [9.17, 15) is 22.8 Å². The van der Waals surface area contributed by atoms with E-state index in [0.717, 1.165) is 19.2 Å². The van der Waals surface area contributed by atoms with E-state index in [-0.39, 0.29) is 12.2 Å². The SMILES string of the molecule is CCOC(=O)[C@H]1CCNC[C@H]1c1ccc(C(F)(F)F)cc1C(=O)OC. The molecule has 0 saturated carbocycles. The largest absolute Gasteiger partial charge is 0.466 e. The second-order valence-electron chi connectivity index (χ2n) is 5.75. The van der Waals surface area contributed by atoms with Crippen LogP contribution in [-0.4, -0.2) is 38.7 Å². The molecule has 1 aliphatic heterocycles. The van der Waals surface area contributed by atoms with E-state index in [0.29, 0.717) is 25.1 Å². The molecule has 1 saturated heterocycles. The minimum Gasteiger partial charge on any atom is -0.466 e. The van der Waals surface area contributed by atoms with Crippen LogP contribution in [0.1, 0.15) is 40.7 Å². The summed E-state index contributed by atoms with van der Waals surface area (Å²) >= 11 is 0. The Morgan fingerprint density at radius 1 is 1.32 bits per heavy atom. The molecule has 1 heterocycles. The molecule has 25 heavy (non-hydrogen) atoms. The molecule has 138 valence electrons. The zero-order valence-corrected chi connectivity index (χ0v) is 14.0. The van der Waals surface area contributed by atoms with Crippen molar-refractivity contribution in [2.75, 3.05) is 26.8 Å². The molecule has 0 unspecified atom stereocenters. The van der Waals surface area contributed by atoms with Gasteiger partial charge in [0.25, 0.3) is 0 Å². The zero-order chi connectivity index (χ0) is 18.6. The van der Waals surface area contributed by atoms with Gasteiger partial charge in [0.1, 0.15) is 0 Å². The molecule has 0 spiro atoms. The van der Waals surface area contributed by atoms with E-state index in [1.807, 2.05) is 0 Å². The average molecular weight is 359 g/mol. The Labute approximate surface area is 143 Å². The van der Waals surface area contributed by atoms with Gasteiger partial charge in [-0.05, 0) is 37.6 Å². The Balaban J connectivity index is 2.47. The number of nitrogens with one attached hydrogen (secondary N) is 1. The summed E-state index contributed by atoms with van der Waals surface area (Å²) in [6.07, 6.45) is -4.10. The quantitative estimate of drug-likeness (QED) is 0.838. The van der Waals surface area contributed by atoms with E-state index in [1.165, 1.54) is 6.07 Å². The summed E-state index contributed by atoms with van der Waals surface area (Å²) in [7, 11) is 1.11. The Bertz CT molecular complexity index is 645. The highest BCUT2D eigenvalue weighted by Gasteiger charge is 2.37. The Kier molecular flexibility index (Phi) is 6.05. The molecule has 1 aromatic carbocycles. The number of ether oxygens (including phenoxy) is 2. The van der Waals surface area contributed by atoms with Crippen molar-refractivity contribution < 1.29 is 32.2 Å². The highest BCUT2D eigenvalue weighted by Crippen LogP contribution is 2.36. The number of hydrogen-bond donors (Lipinski definition) is 1. The highest BCUT2D eigenvalue weighted by molar-refractivity contribution is 5.92. The summed E-state index contributed by atoms with van der Waals surface area (Å²) < 4.78 is 48.6. The highest BCUT2D eigenvalue weighted by atomic mass is 19.4. The smallest absolute Gasteiger partial charge is 0.416 e. The molecule has 0 aliphatic carbocycles. The number of piperidine rings is 1. The molecule has 1 N–H and O–H groups in total. The first-order valence-corrected chi connectivity index (χ1v) is 7.96. The molecular weight excluding hydrogens is 339 g/mol. The van der Waals surface area contributed by atoms with Crippen LogP contribution in [0.4, 0.5) is 13.2 Å². The molecule has 0 aromatic heterocycles. The van der Waals surface area contributed by atoms with Crippen LogP contribution in [0.3, 0.4) is 0 Å².